The van der Waals surface area contributed by atoms with Gasteiger partial charge in [0.25, 0.3) is 0 Å². The summed E-state index contributed by atoms with van der Waals surface area (Å²) in [7, 11) is 0. The zero-order valence-electron chi connectivity index (χ0n) is 19.7. The van der Waals surface area contributed by atoms with Crippen molar-refractivity contribution in [3.63, 3.8) is 0 Å². The molecule has 1 saturated heterocycles. The standard InChI is InChI=1S/C32H23NO3/c1-19(34)29-28(21-10-3-2-4-11-21)32(30(35)24-13-7-8-14-25(24)31(32)36)27-18-16-23-22-12-6-5-9-20(22)15-17-26(23)33(27)29/h2-18,27-29H,1H3. The molecule has 2 aliphatic heterocycles. The van der Waals surface area contributed by atoms with E-state index in [1.165, 1.54) is 0 Å². The summed E-state index contributed by atoms with van der Waals surface area (Å²) in [6.07, 6.45) is 4.02. The molecule has 3 atom stereocenters. The summed E-state index contributed by atoms with van der Waals surface area (Å²) in [5.74, 6) is -1.05. The van der Waals surface area contributed by atoms with Gasteiger partial charge in [0, 0.05) is 28.3 Å². The summed E-state index contributed by atoms with van der Waals surface area (Å²) in [6, 6.07) is 27.7. The first-order valence-electron chi connectivity index (χ1n) is 12.3. The third-order valence-electron chi connectivity index (χ3n) is 8.29. The normalized spacial score (nSPS) is 23.1. The van der Waals surface area contributed by atoms with Crippen LogP contribution in [-0.2, 0) is 4.79 Å². The fraction of sp³-hybridized carbons (Fsp3) is 0.156. The van der Waals surface area contributed by atoms with Crippen LogP contribution in [0.2, 0.25) is 0 Å². The molecule has 1 aliphatic carbocycles. The highest BCUT2D eigenvalue weighted by Crippen LogP contribution is 2.60. The number of hydrogen-bond donors (Lipinski definition) is 0. The van der Waals surface area contributed by atoms with Crippen molar-refractivity contribution in [2.75, 3.05) is 4.90 Å². The van der Waals surface area contributed by atoms with Crippen LogP contribution >= 0.6 is 0 Å². The minimum Gasteiger partial charge on any atom is -0.352 e. The molecule has 1 fully saturated rings. The summed E-state index contributed by atoms with van der Waals surface area (Å²) in [5, 5.41) is 2.18. The van der Waals surface area contributed by atoms with E-state index < -0.39 is 23.4 Å². The molecule has 4 aromatic carbocycles. The van der Waals surface area contributed by atoms with Crippen LogP contribution in [0, 0.1) is 5.41 Å². The van der Waals surface area contributed by atoms with Gasteiger partial charge in [0.15, 0.2) is 17.3 Å². The maximum Gasteiger partial charge on any atom is 0.180 e. The van der Waals surface area contributed by atoms with Gasteiger partial charge in [-0.05, 0) is 29.3 Å². The molecule has 0 N–H and O–H groups in total. The van der Waals surface area contributed by atoms with Crippen LogP contribution < -0.4 is 4.90 Å². The van der Waals surface area contributed by atoms with Gasteiger partial charge in [0.2, 0.25) is 0 Å². The Kier molecular flexibility index (Phi) is 4.29. The van der Waals surface area contributed by atoms with Gasteiger partial charge in [-0.15, -0.1) is 0 Å². The van der Waals surface area contributed by atoms with Crippen molar-refractivity contribution in [1.29, 1.82) is 0 Å². The molecule has 174 valence electrons. The number of Topliss-reactive ketones (excluding diaryl/α,β-unsaturated/α-hetero) is 3. The van der Waals surface area contributed by atoms with Crippen LogP contribution in [-0.4, -0.2) is 29.4 Å². The molecule has 4 aromatic rings. The molecule has 0 amide bonds. The van der Waals surface area contributed by atoms with Crippen LogP contribution in [0.15, 0.2) is 97.1 Å². The number of rotatable bonds is 2. The molecule has 4 nitrogen and oxygen atoms in total. The second kappa shape index (κ2) is 7.34. The van der Waals surface area contributed by atoms with Gasteiger partial charge in [-0.1, -0.05) is 97.1 Å². The third kappa shape index (κ3) is 2.46. The Morgan fingerprint density at radius 1 is 0.778 bits per heavy atom. The number of carbonyl (C=O) groups excluding carboxylic acids is 3. The fourth-order valence-electron chi connectivity index (χ4n) is 6.92. The molecule has 4 heteroatoms. The molecule has 0 aromatic heterocycles. The minimum absolute atomic E-state index is 0.0586. The average molecular weight is 470 g/mol. The van der Waals surface area contributed by atoms with E-state index in [0.29, 0.717) is 11.1 Å². The number of ketones is 3. The Balaban J connectivity index is 1.56. The molecule has 7 rings (SSSR count). The van der Waals surface area contributed by atoms with Crippen LogP contribution in [0.25, 0.3) is 16.8 Å². The second-order valence-corrected chi connectivity index (χ2v) is 9.95. The first kappa shape index (κ1) is 21.0. The van der Waals surface area contributed by atoms with Crippen molar-refractivity contribution >= 4 is 39.9 Å². The van der Waals surface area contributed by atoms with E-state index in [0.717, 1.165) is 27.6 Å². The molecule has 36 heavy (non-hydrogen) atoms. The Hall–Kier alpha value is -4.31. The van der Waals surface area contributed by atoms with Gasteiger partial charge in [-0.3, -0.25) is 14.4 Å². The first-order chi connectivity index (χ1) is 17.5. The monoisotopic (exact) mass is 469 g/mol. The molecule has 2 heterocycles. The molecular weight excluding hydrogens is 446 g/mol. The lowest BCUT2D eigenvalue weighted by atomic mass is 9.64. The van der Waals surface area contributed by atoms with E-state index in [-0.39, 0.29) is 17.3 Å². The topological polar surface area (TPSA) is 54.5 Å². The number of benzene rings is 4. The number of fused-ring (bicyclic) bond motifs is 7. The fourth-order valence-corrected chi connectivity index (χ4v) is 6.92. The summed E-state index contributed by atoms with van der Waals surface area (Å²) < 4.78 is 0. The van der Waals surface area contributed by atoms with Crippen molar-refractivity contribution < 1.29 is 14.4 Å². The minimum atomic E-state index is -1.42. The maximum atomic E-state index is 14.4. The second-order valence-electron chi connectivity index (χ2n) is 9.95. The lowest BCUT2D eigenvalue weighted by molar-refractivity contribution is -0.118. The van der Waals surface area contributed by atoms with Crippen LogP contribution in [0.4, 0.5) is 5.69 Å². The summed E-state index contributed by atoms with van der Waals surface area (Å²) in [4.78, 5) is 44.3. The van der Waals surface area contributed by atoms with Crippen molar-refractivity contribution in [1.82, 2.24) is 0 Å². The highest BCUT2D eigenvalue weighted by atomic mass is 16.2. The van der Waals surface area contributed by atoms with Gasteiger partial charge < -0.3 is 4.90 Å². The van der Waals surface area contributed by atoms with Crippen molar-refractivity contribution in [3.05, 3.63) is 119 Å². The van der Waals surface area contributed by atoms with Crippen molar-refractivity contribution in [2.24, 2.45) is 5.41 Å². The van der Waals surface area contributed by atoms with E-state index in [1.54, 1.807) is 31.2 Å². The van der Waals surface area contributed by atoms with E-state index in [1.807, 2.05) is 60.7 Å². The van der Waals surface area contributed by atoms with Gasteiger partial charge in [0.1, 0.15) is 5.41 Å². The predicted molar refractivity (Wildman–Crippen MR) is 140 cm³/mol. The predicted octanol–water partition coefficient (Wildman–Crippen LogP) is 5.86. The summed E-state index contributed by atoms with van der Waals surface area (Å²) in [6.45, 7) is 1.58. The van der Waals surface area contributed by atoms with E-state index >= 15 is 0 Å². The molecule has 1 spiro atoms. The number of anilines is 1. The van der Waals surface area contributed by atoms with E-state index in [4.69, 9.17) is 0 Å². The first-order valence-corrected chi connectivity index (χ1v) is 12.3. The largest absolute Gasteiger partial charge is 0.352 e. The number of hydrogen-bond acceptors (Lipinski definition) is 4. The zero-order chi connectivity index (χ0) is 24.6. The molecule has 0 radical (unpaired) electrons. The Labute approximate surface area is 208 Å². The van der Waals surface area contributed by atoms with Crippen LogP contribution in [0.5, 0.6) is 0 Å². The van der Waals surface area contributed by atoms with Crippen molar-refractivity contribution in [3.8, 4) is 0 Å². The number of carbonyl (C=O) groups is 3. The van der Waals surface area contributed by atoms with Crippen LogP contribution in [0.1, 0.15) is 44.7 Å². The maximum absolute atomic E-state index is 14.4. The van der Waals surface area contributed by atoms with Crippen LogP contribution in [0.3, 0.4) is 0 Å². The highest BCUT2D eigenvalue weighted by Gasteiger charge is 2.71. The summed E-state index contributed by atoms with van der Waals surface area (Å²) in [5.41, 5.74) is 2.21. The summed E-state index contributed by atoms with van der Waals surface area (Å²) >= 11 is 0. The highest BCUT2D eigenvalue weighted by molar-refractivity contribution is 6.32. The lowest BCUT2D eigenvalue weighted by Crippen LogP contribution is -2.48. The van der Waals surface area contributed by atoms with E-state index in [2.05, 4.69) is 23.1 Å². The lowest BCUT2D eigenvalue weighted by Gasteiger charge is -2.37. The molecule has 3 unspecified atom stereocenters. The molecule has 0 saturated carbocycles. The molecule has 3 aliphatic rings. The zero-order valence-corrected chi connectivity index (χ0v) is 19.7. The number of nitrogens with zero attached hydrogens (tertiary/aromatic N) is 1. The third-order valence-corrected chi connectivity index (χ3v) is 8.29. The Morgan fingerprint density at radius 2 is 1.42 bits per heavy atom. The van der Waals surface area contributed by atoms with Gasteiger partial charge in [-0.2, -0.15) is 0 Å². The van der Waals surface area contributed by atoms with Gasteiger partial charge in [-0.25, -0.2) is 0 Å². The molecule has 0 bridgehead atoms. The van der Waals surface area contributed by atoms with Gasteiger partial charge >= 0.3 is 0 Å². The SMILES string of the molecule is CC(=O)C1C(c2ccccc2)C2(C(=O)c3ccccc3C2=O)C2C=Cc3c(ccc4ccccc34)N12. The van der Waals surface area contributed by atoms with Gasteiger partial charge in [0.05, 0.1) is 12.1 Å². The van der Waals surface area contributed by atoms with E-state index in [9.17, 15) is 14.4 Å². The smallest absolute Gasteiger partial charge is 0.180 e. The Bertz CT molecular complexity index is 1600. The molecular formula is C32H23NO3. The quantitative estimate of drug-likeness (QED) is 0.345. The average Bonchev–Trinajstić information content (AvgIpc) is 3.35. The van der Waals surface area contributed by atoms with Crippen molar-refractivity contribution in [2.45, 2.75) is 24.9 Å². The Morgan fingerprint density at radius 3 is 2.11 bits per heavy atom.